The van der Waals surface area contributed by atoms with Crippen molar-refractivity contribution in [2.75, 3.05) is 33.1 Å². The van der Waals surface area contributed by atoms with E-state index in [1.165, 1.54) is 25.3 Å². The van der Waals surface area contributed by atoms with Crippen molar-refractivity contribution in [1.82, 2.24) is 4.90 Å². The molecule has 4 aliphatic heterocycles. The summed E-state index contributed by atoms with van der Waals surface area (Å²) in [6.07, 6.45) is -0.738. The smallest absolute Gasteiger partial charge is 0.341 e. The number of fused-ring (bicyclic) bond motifs is 9. The van der Waals surface area contributed by atoms with Gasteiger partial charge in [0.2, 0.25) is 0 Å². The van der Waals surface area contributed by atoms with Gasteiger partial charge in [-0.15, -0.1) is 0 Å². The lowest BCUT2D eigenvalue weighted by Gasteiger charge is -2.51. The quantitative estimate of drug-likeness (QED) is 0.188. The lowest BCUT2D eigenvalue weighted by Crippen LogP contribution is -2.68. The Morgan fingerprint density at radius 3 is 2.63 bits per heavy atom. The van der Waals surface area contributed by atoms with E-state index >= 15 is 0 Å². The van der Waals surface area contributed by atoms with Crippen molar-refractivity contribution in [2.45, 2.75) is 74.3 Å². The van der Waals surface area contributed by atoms with E-state index in [9.17, 15) is 24.6 Å². The van der Waals surface area contributed by atoms with Crippen LogP contribution in [0.2, 0.25) is 5.02 Å². The van der Waals surface area contributed by atoms with Gasteiger partial charge in [0.25, 0.3) is 5.91 Å². The number of carbonyl (C=O) groups is 3. The molecule has 59 heavy (non-hydrogen) atoms. The van der Waals surface area contributed by atoms with Crippen molar-refractivity contribution < 1.29 is 57.8 Å². The predicted octanol–water partition coefficient (Wildman–Crippen LogP) is 3.10. The van der Waals surface area contributed by atoms with Crippen molar-refractivity contribution in [3.8, 4) is 40.9 Å². The largest absolute Gasteiger partial charge is 0.497 e. The molecular formula is C43H42ClN3O12. The van der Waals surface area contributed by atoms with Gasteiger partial charge in [0, 0.05) is 23.8 Å². The number of nitrogens with two attached hydrogens (primary N) is 1. The van der Waals surface area contributed by atoms with E-state index in [4.69, 9.17) is 50.5 Å². The standard InChI is InChI=1S/C43H42ClN3O12/c1-22-39(51)46-35-27(18-26(53-6)19-31(35)55-22)40(52)57-32-21-54-34(48)20-29(45)24-13-15-30(28(44)17-24)56-33-11-7-9-23(32)12-14-25-10-8-16-43(25,33)59-41-37(50)36(49)38(47(4)5)42(2,3)58-41/h8-10,13,15-19,29,32-33,36-38,41,49-50H,1,20-21,45H2,2-6H3,(H,46,51)/t29-,32-,33+,36-,37+,38-,41-,43+/m0/s1. The number of hydrogen-bond acceptors (Lipinski definition) is 14. The van der Waals surface area contributed by atoms with E-state index in [0.29, 0.717) is 5.56 Å². The minimum Gasteiger partial charge on any atom is -0.497 e. The van der Waals surface area contributed by atoms with Crippen LogP contribution in [-0.4, -0.2) is 109 Å². The van der Waals surface area contributed by atoms with Gasteiger partial charge in [-0.05, 0) is 69.8 Å². The average molecular weight is 828 g/mol. The number of hydrogen-bond donors (Lipinski definition) is 4. The Morgan fingerprint density at radius 1 is 1.12 bits per heavy atom. The number of methoxy groups -OCH3 is 1. The fourth-order valence-electron chi connectivity index (χ4n) is 7.54. The number of allylic oxidation sites excluding steroid dienone is 3. The van der Waals surface area contributed by atoms with Gasteiger partial charge in [-0.25, -0.2) is 4.79 Å². The Morgan fingerprint density at radius 2 is 1.90 bits per heavy atom. The first-order valence-corrected chi connectivity index (χ1v) is 18.9. The molecule has 8 rings (SSSR count). The molecule has 5 N–H and O–H groups in total. The second-order valence-electron chi connectivity index (χ2n) is 15.1. The molecule has 6 aliphatic rings. The number of nitrogens with zero attached hydrogens (tertiary/aromatic N) is 1. The third-order valence-electron chi connectivity index (χ3n) is 10.4. The number of aliphatic hydroxyl groups is 2. The van der Waals surface area contributed by atoms with Crippen LogP contribution >= 0.6 is 11.6 Å². The molecule has 4 bridgehead atoms. The minimum atomic E-state index is -1.68. The molecule has 15 nitrogen and oxygen atoms in total. The summed E-state index contributed by atoms with van der Waals surface area (Å²) in [7, 11) is 4.93. The van der Waals surface area contributed by atoms with Gasteiger partial charge in [0.15, 0.2) is 35.6 Å². The van der Waals surface area contributed by atoms with Gasteiger partial charge < -0.3 is 59.3 Å². The summed E-state index contributed by atoms with van der Waals surface area (Å²) >= 11 is 6.75. The Labute approximate surface area is 345 Å². The van der Waals surface area contributed by atoms with E-state index < -0.39 is 78.4 Å². The van der Waals surface area contributed by atoms with Crippen LogP contribution < -0.4 is 25.3 Å². The number of ether oxygens (including phenoxy) is 7. The van der Waals surface area contributed by atoms with Crippen LogP contribution in [0, 0.1) is 23.7 Å². The Balaban J connectivity index is 1.32. The van der Waals surface area contributed by atoms with Crippen LogP contribution in [0.3, 0.4) is 0 Å². The van der Waals surface area contributed by atoms with Crippen LogP contribution in [-0.2, 0) is 28.5 Å². The number of aliphatic hydroxyl groups excluding tert-OH is 2. The number of benzene rings is 2. The summed E-state index contributed by atoms with van der Waals surface area (Å²) < 4.78 is 42.2. The van der Waals surface area contributed by atoms with E-state index in [-0.39, 0.29) is 56.8 Å². The third kappa shape index (κ3) is 8.07. The molecule has 1 saturated heterocycles. The van der Waals surface area contributed by atoms with Gasteiger partial charge >= 0.3 is 11.9 Å². The molecule has 1 fully saturated rings. The van der Waals surface area contributed by atoms with Crippen LogP contribution in [0.4, 0.5) is 5.69 Å². The minimum absolute atomic E-state index is 0.00414. The van der Waals surface area contributed by atoms with Gasteiger partial charge in [-0.3, -0.25) is 9.59 Å². The average Bonchev–Trinajstić information content (AvgIpc) is 3.60. The normalized spacial score (nSPS) is 29.3. The van der Waals surface area contributed by atoms with Crippen molar-refractivity contribution in [1.29, 1.82) is 0 Å². The summed E-state index contributed by atoms with van der Waals surface area (Å²) in [5.41, 5.74) is 4.47. The molecule has 0 aromatic heterocycles. The molecule has 2 aliphatic carbocycles. The molecule has 2 aromatic carbocycles. The maximum atomic E-state index is 14.1. The van der Waals surface area contributed by atoms with Crippen LogP contribution in [0.15, 0.2) is 78.1 Å². The number of nitrogens with one attached hydrogen (secondary N) is 1. The van der Waals surface area contributed by atoms with Crippen LogP contribution in [0.5, 0.6) is 17.2 Å². The number of halogens is 1. The highest BCUT2D eigenvalue weighted by Gasteiger charge is 2.55. The summed E-state index contributed by atoms with van der Waals surface area (Å²) in [6, 6.07) is 6.15. The number of likely N-dealkylation sites (N-methyl/N-ethyl adjacent to an activating group) is 1. The molecule has 0 radical (unpaired) electrons. The monoisotopic (exact) mass is 827 g/mol. The van der Waals surface area contributed by atoms with Crippen LogP contribution in [0.1, 0.15) is 42.2 Å². The third-order valence-corrected chi connectivity index (χ3v) is 10.7. The lowest BCUT2D eigenvalue weighted by atomic mass is 9.85. The lowest BCUT2D eigenvalue weighted by molar-refractivity contribution is -0.329. The van der Waals surface area contributed by atoms with E-state index in [1.807, 2.05) is 0 Å². The molecule has 8 atom stereocenters. The van der Waals surface area contributed by atoms with Gasteiger partial charge in [0.05, 0.1) is 47.0 Å². The SMILES string of the molecule is C=C1Oc2cc(OC)cc(C(=O)O[C@H]3COC(=O)C[C@H](N)c4ccc(c(Cl)c4)O[C@@H]4C#CC=C3C#CC3=CC=C[C@@]34O[C@@H]3OC(C)(C)[C@@H](N(C)C)[C@@H](O)[C@H]3O)c2NC1=O. The highest BCUT2D eigenvalue weighted by Crippen LogP contribution is 2.42. The molecule has 4 heterocycles. The molecule has 0 saturated carbocycles. The second-order valence-corrected chi connectivity index (χ2v) is 15.5. The molecule has 0 unspecified atom stereocenters. The van der Waals surface area contributed by atoms with E-state index in [0.717, 1.165) is 0 Å². The summed E-state index contributed by atoms with van der Waals surface area (Å²) in [5.74, 6) is 10.1. The second kappa shape index (κ2) is 16.2. The first-order valence-electron chi connectivity index (χ1n) is 18.5. The van der Waals surface area contributed by atoms with Crippen molar-refractivity contribution in [2.24, 2.45) is 5.73 Å². The van der Waals surface area contributed by atoms with Gasteiger partial charge in [0.1, 0.15) is 30.3 Å². The molecule has 16 heteroatoms. The number of rotatable bonds is 6. The highest BCUT2D eigenvalue weighted by molar-refractivity contribution is 6.32. The van der Waals surface area contributed by atoms with Crippen molar-refractivity contribution in [3.63, 3.8) is 0 Å². The fourth-order valence-corrected chi connectivity index (χ4v) is 7.77. The van der Waals surface area contributed by atoms with Crippen LogP contribution in [0.25, 0.3) is 0 Å². The first-order chi connectivity index (χ1) is 28.0. The highest BCUT2D eigenvalue weighted by atomic mass is 35.5. The summed E-state index contributed by atoms with van der Waals surface area (Å²) in [4.78, 5) is 41.6. The number of esters is 2. The number of carbonyl (C=O) groups excluding carboxylic acids is 3. The zero-order chi connectivity index (χ0) is 42.4. The Kier molecular flexibility index (Phi) is 11.4. The summed E-state index contributed by atoms with van der Waals surface area (Å²) in [6.45, 7) is 6.62. The maximum Gasteiger partial charge on any atom is 0.341 e. The molecule has 0 spiro atoms. The molecule has 308 valence electrons. The number of amides is 1. The Hall–Kier alpha value is -5.62. The number of anilines is 1. The van der Waals surface area contributed by atoms with Crippen molar-refractivity contribution >= 4 is 35.1 Å². The Bertz CT molecular complexity index is 2330. The topological polar surface area (TPSA) is 198 Å². The first kappa shape index (κ1) is 41.5. The van der Waals surface area contributed by atoms with E-state index in [2.05, 4.69) is 35.6 Å². The molecule has 2 aromatic rings. The zero-order valence-corrected chi connectivity index (χ0v) is 33.5. The molecule has 1 amide bonds. The zero-order valence-electron chi connectivity index (χ0n) is 32.7. The fraction of sp³-hybridized carbons (Fsp3) is 0.372. The van der Waals surface area contributed by atoms with Gasteiger partial charge in [-0.1, -0.05) is 48.1 Å². The van der Waals surface area contributed by atoms with E-state index in [1.54, 1.807) is 69.3 Å². The summed E-state index contributed by atoms with van der Waals surface area (Å²) in [5, 5.41) is 25.6. The van der Waals surface area contributed by atoms with Gasteiger partial charge in [-0.2, -0.15) is 0 Å². The predicted molar refractivity (Wildman–Crippen MR) is 212 cm³/mol. The maximum absolute atomic E-state index is 14.1. The van der Waals surface area contributed by atoms with Crippen molar-refractivity contribution in [3.05, 3.63) is 94.3 Å². The molecular weight excluding hydrogens is 786 g/mol.